The second kappa shape index (κ2) is 2.86. The summed E-state index contributed by atoms with van der Waals surface area (Å²) in [6.45, 7) is 0. The lowest BCUT2D eigenvalue weighted by molar-refractivity contribution is 0.142. The Balaban J connectivity index is 2.40. The van der Waals surface area contributed by atoms with Crippen molar-refractivity contribution in [1.29, 1.82) is 0 Å². The molecule has 0 saturated heterocycles. The van der Waals surface area contributed by atoms with E-state index in [0.29, 0.717) is 6.42 Å². The molecule has 1 aliphatic rings. The molecule has 2 atom stereocenters. The largest absolute Gasteiger partial charge is 0.391 e. The number of aliphatic hydroxyl groups is 1. The lowest BCUT2D eigenvalue weighted by atomic mass is 10.1. The molecule has 0 radical (unpaired) electrons. The third-order valence-corrected chi connectivity index (χ3v) is 2.38. The first-order valence-corrected chi connectivity index (χ1v) is 4.05. The van der Waals surface area contributed by atoms with Crippen LogP contribution in [0.4, 0.5) is 0 Å². The van der Waals surface area contributed by atoms with E-state index in [1.807, 2.05) is 24.3 Å². The monoisotopic (exact) mass is 164 g/mol. The number of rotatable bonds is 1. The van der Waals surface area contributed by atoms with Gasteiger partial charge in [0.05, 0.1) is 12.1 Å². The molecule has 3 nitrogen and oxygen atoms in total. The topological polar surface area (TPSA) is 58.3 Å². The Labute approximate surface area is 71.2 Å². The Bertz CT molecular complexity index is 288. The second-order valence-electron chi connectivity index (χ2n) is 3.11. The molecule has 1 aliphatic carbocycles. The quantitative estimate of drug-likeness (QED) is 0.408. The summed E-state index contributed by atoms with van der Waals surface area (Å²) in [5.74, 6) is 5.33. The molecule has 0 saturated carbocycles. The molecule has 0 aromatic heterocycles. The fourth-order valence-corrected chi connectivity index (χ4v) is 1.77. The van der Waals surface area contributed by atoms with Gasteiger partial charge >= 0.3 is 0 Å². The van der Waals surface area contributed by atoms with Crippen LogP contribution in [-0.4, -0.2) is 11.2 Å². The Kier molecular flexibility index (Phi) is 1.84. The first-order chi connectivity index (χ1) is 5.83. The van der Waals surface area contributed by atoms with E-state index in [4.69, 9.17) is 5.84 Å². The zero-order chi connectivity index (χ0) is 8.55. The van der Waals surface area contributed by atoms with Crippen LogP contribution in [0.2, 0.25) is 0 Å². The molecule has 0 fully saturated rings. The average Bonchev–Trinajstić information content (AvgIpc) is 2.40. The standard InChI is InChI=1S/C9H12N2O/c10-11-9-7-4-2-1-3-6(7)5-8(9)12/h1-4,8-9,11-12H,5,10H2/t8-,9+/m1/s1. The van der Waals surface area contributed by atoms with Gasteiger partial charge in [-0.1, -0.05) is 24.3 Å². The van der Waals surface area contributed by atoms with Gasteiger partial charge in [-0.05, 0) is 11.1 Å². The summed E-state index contributed by atoms with van der Waals surface area (Å²) in [4.78, 5) is 0. The van der Waals surface area contributed by atoms with Crippen molar-refractivity contribution in [1.82, 2.24) is 5.43 Å². The minimum Gasteiger partial charge on any atom is -0.391 e. The van der Waals surface area contributed by atoms with Crippen molar-refractivity contribution in [2.75, 3.05) is 0 Å². The van der Waals surface area contributed by atoms with E-state index in [0.717, 1.165) is 5.56 Å². The zero-order valence-corrected chi connectivity index (χ0v) is 6.70. The predicted octanol–water partition coefficient (Wildman–Crippen LogP) is 0.108. The fraction of sp³-hybridized carbons (Fsp3) is 0.333. The highest BCUT2D eigenvalue weighted by Gasteiger charge is 2.29. The van der Waals surface area contributed by atoms with Gasteiger partial charge in [0, 0.05) is 6.42 Å². The van der Waals surface area contributed by atoms with E-state index < -0.39 is 0 Å². The SMILES string of the molecule is NN[C@H]1c2ccccc2C[C@H]1O. The van der Waals surface area contributed by atoms with E-state index >= 15 is 0 Å². The fourth-order valence-electron chi connectivity index (χ4n) is 1.77. The van der Waals surface area contributed by atoms with Crippen LogP contribution in [0.3, 0.4) is 0 Å². The molecule has 0 aliphatic heterocycles. The van der Waals surface area contributed by atoms with Gasteiger partial charge in [-0.2, -0.15) is 0 Å². The zero-order valence-electron chi connectivity index (χ0n) is 6.70. The summed E-state index contributed by atoms with van der Waals surface area (Å²) in [6.07, 6.45) is 0.317. The lowest BCUT2D eigenvalue weighted by Crippen LogP contribution is -2.33. The van der Waals surface area contributed by atoms with Crippen molar-refractivity contribution in [3.8, 4) is 0 Å². The predicted molar refractivity (Wildman–Crippen MR) is 46.2 cm³/mol. The van der Waals surface area contributed by atoms with E-state index in [2.05, 4.69) is 5.43 Å². The molecule has 0 amide bonds. The van der Waals surface area contributed by atoms with Gasteiger partial charge in [-0.3, -0.25) is 11.3 Å². The highest BCUT2D eigenvalue weighted by molar-refractivity contribution is 5.36. The van der Waals surface area contributed by atoms with Crippen LogP contribution < -0.4 is 11.3 Å². The molecule has 2 rings (SSSR count). The molecule has 0 unspecified atom stereocenters. The maximum Gasteiger partial charge on any atom is 0.0788 e. The number of benzene rings is 1. The summed E-state index contributed by atoms with van der Waals surface area (Å²) in [7, 11) is 0. The van der Waals surface area contributed by atoms with Crippen LogP contribution >= 0.6 is 0 Å². The van der Waals surface area contributed by atoms with E-state index in [9.17, 15) is 5.11 Å². The summed E-state index contributed by atoms with van der Waals surface area (Å²) < 4.78 is 0. The molecule has 0 heterocycles. The van der Waals surface area contributed by atoms with Gasteiger partial charge in [0.15, 0.2) is 0 Å². The third kappa shape index (κ3) is 1.03. The lowest BCUT2D eigenvalue weighted by Gasteiger charge is -2.13. The Morgan fingerprint density at radius 1 is 1.42 bits per heavy atom. The summed E-state index contributed by atoms with van der Waals surface area (Å²) in [5.41, 5.74) is 4.93. The molecule has 1 aromatic carbocycles. The van der Waals surface area contributed by atoms with Crippen LogP contribution in [0.15, 0.2) is 24.3 Å². The van der Waals surface area contributed by atoms with Crippen molar-refractivity contribution in [3.63, 3.8) is 0 Å². The maximum absolute atomic E-state index is 9.57. The first-order valence-electron chi connectivity index (χ1n) is 4.05. The molecular weight excluding hydrogens is 152 g/mol. The molecule has 3 heteroatoms. The molecular formula is C9H12N2O. The Morgan fingerprint density at radius 3 is 2.92 bits per heavy atom. The van der Waals surface area contributed by atoms with Crippen LogP contribution in [0.5, 0.6) is 0 Å². The van der Waals surface area contributed by atoms with E-state index in [1.165, 1.54) is 5.56 Å². The molecule has 12 heavy (non-hydrogen) atoms. The second-order valence-corrected chi connectivity index (χ2v) is 3.11. The van der Waals surface area contributed by atoms with Gasteiger partial charge in [-0.25, -0.2) is 0 Å². The molecule has 1 aromatic rings. The highest BCUT2D eigenvalue weighted by Crippen LogP contribution is 2.30. The summed E-state index contributed by atoms with van der Waals surface area (Å²) in [6, 6.07) is 7.86. The van der Waals surface area contributed by atoms with Gasteiger partial charge in [0.1, 0.15) is 0 Å². The van der Waals surface area contributed by atoms with Crippen LogP contribution in [-0.2, 0) is 6.42 Å². The Hall–Kier alpha value is -0.900. The molecule has 0 spiro atoms. The number of fused-ring (bicyclic) bond motifs is 1. The molecule has 0 bridgehead atoms. The van der Waals surface area contributed by atoms with Crippen LogP contribution in [0, 0.1) is 0 Å². The van der Waals surface area contributed by atoms with Crippen molar-refractivity contribution in [3.05, 3.63) is 35.4 Å². The molecule has 4 N–H and O–H groups in total. The number of aliphatic hydroxyl groups excluding tert-OH is 1. The number of hydrogen-bond donors (Lipinski definition) is 3. The van der Waals surface area contributed by atoms with Crippen LogP contribution in [0.25, 0.3) is 0 Å². The van der Waals surface area contributed by atoms with E-state index in [1.54, 1.807) is 0 Å². The van der Waals surface area contributed by atoms with Gasteiger partial charge in [-0.15, -0.1) is 0 Å². The van der Waals surface area contributed by atoms with Gasteiger partial charge < -0.3 is 5.11 Å². The average molecular weight is 164 g/mol. The minimum atomic E-state index is -0.382. The Morgan fingerprint density at radius 2 is 2.17 bits per heavy atom. The third-order valence-electron chi connectivity index (χ3n) is 2.38. The molecule has 64 valence electrons. The minimum absolute atomic E-state index is 0.0961. The summed E-state index contributed by atoms with van der Waals surface area (Å²) >= 11 is 0. The first kappa shape index (κ1) is 7.73. The summed E-state index contributed by atoms with van der Waals surface area (Å²) in [5, 5.41) is 9.57. The number of hydrazine groups is 1. The van der Waals surface area contributed by atoms with Crippen molar-refractivity contribution < 1.29 is 5.11 Å². The smallest absolute Gasteiger partial charge is 0.0788 e. The van der Waals surface area contributed by atoms with Crippen molar-refractivity contribution in [2.45, 2.75) is 18.6 Å². The van der Waals surface area contributed by atoms with E-state index in [-0.39, 0.29) is 12.1 Å². The number of nitrogens with two attached hydrogens (primary N) is 1. The van der Waals surface area contributed by atoms with Gasteiger partial charge in [0.2, 0.25) is 0 Å². The van der Waals surface area contributed by atoms with Crippen molar-refractivity contribution >= 4 is 0 Å². The van der Waals surface area contributed by atoms with Crippen LogP contribution in [0.1, 0.15) is 17.2 Å². The number of hydrogen-bond acceptors (Lipinski definition) is 3. The highest BCUT2D eigenvalue weighted by atomic mass is 16.3. The number of nitrogens with one attached hydrogen (secondary N) is 1. The van der Waals surface area contributed by atoms with Crippen molar-refractivity contribution in [2.24, 2.45) is 5.84 Å². The normalized spacial score (nSPS) is 27.2. The van der Waals surface area contributed by atoms with Gasteiger partial charge in [0.25, 0.3) is 0 Å². The maximum atomic E-state index is 9.57.